The molecule has 2 aromatic heterocycles. The number of hydrogen-bond donors (Lipinski definition) is 2. The van der Waals surface area contributed by atoms with E-state index in [1.165, 1.54) is 10.8 Å². The van der Waals surface area contributed by atoms with Crippen LogP contribution in [0.15, 0.2) is 60.0 Å². The van der Waals surface area contributed by atoms with Crippen LogP contribution in [0.5, 0.6) is 0 Å². The Morgan fingerprint density at radius 3 is 2.65 bits per heavy atom. The van der Waals surface area contributed by atoms with Crippen molar-refractivity contribution in [3.63, 3.8) is 0 Å². The van der Waals surface area contributed by atoms with Crippen molar-refractivity contribution in [2.24, 2.45) is 7.05 Å². The van der Waals surface area contributed by atoms with Crippen LogP contribution in [0.25, 0.3) is 22.0 Å². The molecule has 0 aliphatic heterocycles. The van der Waals surface area contributed by atoms with Gasteiger partial charge < -0.3 is 4.57 Å². The first-order valence-corrected chi connectivity index (χ1v) is 9.55. The van der Waals surface area contributed by atoms with Gasteiger partial charge >= 0.3 is 0 Å². The first kappa shape index (κ1) is 16.6. The Hall–Kier alpha value is -2.84. The molecule has 2 heterocycles. The summed E-state index contributed by atoms with van der Waals surface area (Å²) in [4.78, 5) is 3.88. The van der Waals surface area contributed by atoms with Crippen molar-refractivity contribution in [2.75, 3.05) is 4.72 Å². The van der Waals surface area contributed by atoms with Crippen molar-refractivity contribution in [1.29, 1.82) is 0 Å². The number of aryl methyl sites for hydroxylation is 1. The average molecular weight is 388 g/mol. The second-order valence-corrected chi connectivity index (χ2v) is 7.73. The van der Waals surface area contributed by atoms with E-state index in [2.05, 4.69) is 19.9 Å². The molecule has 0 atom stereocenters. The van der Waals surface area contributed by atoms with Gasteiger partial charge in [0.15, 0.2) is 5.82 Å². The first-order valence-electron chi connectivity index (χ1n) is 7.69. The minimum atomic E-state index is -3.86. The zero-order valence-electron chi connectivity index (χ0n) is 13.6. The number of aromatic nitrogens is 4. The van der Waals surface area contributed by atoms with Crippen LogP contribution in [-0.2, 0) is 17.1 Å². The van der Waals surface area contributed by atoms with Crippen molar-refractivity contribution >= 4 is 38.3 Å². The van der Waals surface area contributed by atoms with Crippen molar-refractivity contribution in [3.8, 4) is 11.1 Å². The molecule has 0 radical (unpaired) electrons. The number of fused-ring (bicyclic) bond motifs is 1. The normalized spacial score (nSPS) is 11.8. The summed E-state index contributed by atoms with van der Waals surface area (Å²) in [5, 5.41) is 7.96. The highest BCUT2D eigenvalue weighted by atomic mass is 35.5. The van der Waals surface area contributed by atoms with Crippen molar-refractivity contribution in [3.05, 3.63) is 59.9 Å². The van der Waals surface area contributed by atoms with E-state index in [4.69, 9.17) is 11.6 Å². The third-order valence-electron chi connectivity index (χ3n) is 3.98. The van der Waals surface area contributed by atoms with Gasteiger partial charge in [0, 0.05) is 30.4 Å². The maximum absolute atomic E-state index is 12.6. The van der Waals surface area contributed by atoms with Crippen LogP contribution in [-0.4, -0.2) is 28.2 Å². The molecule has 0 amide bonds. The average Bonchev–Trinajstić information content (AvgIpc) is 3.21. The highest BCUT2D eigenvalue weighted by molar-refractivity contribution is 7.92. The minimum absolute atomic E-state index is 0.0918. The quantitative estimate of drug-likeness (QED) is 0.561. The summed E-state index contributed by atoms with van der Waals surface area (Å²) in [6.07, 6.45) is 2.98. The molecule has 0 unspecified atom stereocenters. The third-order valence-corrected chi connectivity index (χ3v) is 5.63. The summed E-state index contributed by atoms with van der Waals surface area (Å²) in [6.45, 7) is 0. The maximum atomic E-state index is 12.6. The lowest BCUT2D eigenvalue weighted by Crippen LogP contribution is -2.17. The fourth-order valence-corrected chi connectivity index (χ4v) is 4.15. The van der Waals surface area contributed by atoms with Crippen LogP contribution in [0.1, 0.15) is 0 Å². The standard InChI is InChI=1S/C17H14ClN5O2S/c1-23-8-7-19-17(23)26(24,25)22-16-13-9-12(11-5-3-2-4-6-11)14(18)10-15(13)20-21-16/h2-10H,1H3,(H2,20,21,22). The number of imidazole rings is 1. The molecule has 9 heteroatoms. The number of aromatic amines is 1. The van der Waals surface area contributed by atoms with E-state index < -0.39 is 10.0 Å². The Morgan fingerprint density at radius 2 is 1.96 bits per heavy atom. The summed E-state index contributed by atoms with van der Waals surface area (Å²) in [7, 11) is -2.25. The monoisotopic (exact) mass is 387 g/mol. The van der Waals surface area contributed by atoms with Gasteiger partial charge in [-0.3, -0.25) is 9.82 Å². The van der Waals surface area contributed by atoms with Gasteiger partial charge in [0.05, 0.1) is 10.5 Å². The van der Waals surface area contributed by atoms with Crippen LogP contribution < -0.4 is 4.72 Å². The summed E-state index contributed by atoms with van der Waals surface area (Å²) >= 11 is 6.38. The summed E-state index contributed by atoms with van der Waals surface area (Å²) in [5.74, 6) is 0.192. The molecule has 7 nitrogen and oxygen atoms in total. The highest BCUT2D eigenvalue weighted by Gasteiger charge is 2.22. The lowest BCUT2D eigenvalue weighted by atomic mass is 10.0. The van der Waals surface area contributed by atoms with E-state index in [0.29, 0.717) is 15.9 Å². The molecule has 4 rings (SSSR count). The Kier molecular flexibility index (Phi) is 3.93. The second kappa shape index (κ2) is 6.15. The topological polar surface area (TPSA) is 92.7 Å². The lowest BCUT2D eigenvalue weighted by molar-refractivity contribution is 0.584. The number of H-pyrrole nitrogens is 1. The van der Waals surface area contributed by atoms with Gasteiger partial charge in [0.1, 0.15) is 0 Å². The first-order chi connectivity index (χ1) is 12.5. The predicted molar refractivity (Wildman–Crippen MR) is 101 cm³/mol. The van der Waals surface area contributed by atoms with Crippen molar-refractivity contribution < 1.29 is 8.42 Å². The van der Waals surface area contributed by atoms with Crippen LogP contribution in [0.3, 0.4) is 0 Å². The summed E-state index contributed by atoms with van der Waals surface area (Å²) < 4.78 is 29.1. The van der Waals surface area contributed by atoms with Gasteiger partial charge in [-0.25, -0.2) is 4.98 Å². The fraction of sp³-hybridized carbons (Fsp3) is 0.0588. The SMILES string of the molecule is Cn1ccnc1S(=O)(=O)Nc1n[nH]c2cc(Cl)c(-c3ccccc3)cc12. The molecule has 26 heavy (non-hydrogen) atoms. The van der Waals surface area contributed by atoms with Crippen LogP contribution >= 0.6 is 11.6 Å². The molecular weight excluding hydrogens is 374 g/mol. The number of nitrogens with one attached hydrogen (secondary N) is 2. The number of rotatable bonds is 4. The smallest absolute Gasteiger partial charge is 0.297 e. The third kappa shape index (κ3) is 2.83. The lowest BCUT2D eigenvalue weighted by Gasteiger charge is -2.07. The molecule has 132 valence electrons. The maximum Gasteiger partial charge on any atom is 0.297 e. The van der Waals surface area contributed by atoms with E-state index in [-0.39, 0.29) is 11.0 Å². The Labute approximate surface area is 154 Å². The van der Waals surface area contributed by atoms with Crippen molar-refractivity contribution in [1.82, 2.24) is 19.7 Å². The molecule has 2 N–H and O–H groups in total. The van der Waals surface area contributed by atoms with Gasteiger partial charge in [-0.15, -0.1) is 0 Å². The molecule has 0 saturated carbocycles. The van der Waals surface area contributed by atoms with Gasteiger partial charge in [-0.05, 0) is 17.7 Å². The number of sulfonamides is 1. The number of nitrogens with zero attached hydrogens (tertiary/aromatic N) is 3. The summed E-state index contributed by atoms with van der Waals surface area (Å²) in [5.41, 5.74) is 2.35. The van der Waals surface area contributed by atoms with E-state index in [9.17, 15) is 8.42 Å². The Balaban J connectivity index is 1.81. The predicted octanol–water partition coefficient (Wildman–Crippen LogP) is 3.42. The Morgan fingerprint density at radius 1 is 1.19 bits per heavy atom. The molecule has 0 spiro atoms. The zero-order chi connectivity index (χ0) is 18.3. The van der Waals surface area contributed by atoms with Gasteiger partial charge in [-0.2, -0.15) is 13.5 Å². The molecular formula is C17H14ClN5O2S. The molecule has 0 saturated heterocycles. The van der Waals surface area contributed by atoms with E-state index in [0.717, 1.165) is 11.1 Å². The molecule has 4 aromatic rings. The van der Waals surface area contributed by atoms with E-state index in [1.54, 1.807) is 19.3 Å². The molecule has 0 aliphatic carbocycles. The largest absolute Gasteiger partial charge is 0.323 e. The van der Waals surface area contributed by atoms with Crippen LogP contribution in [0.2, 0.25) is 5.02 Å². The fourth-order valence-electron chi connectivity index (χ4n) is 2.74. The van der Waals surface area contributed by atoms with Crippen LogP contribution in [0.4, 0.5) is 5.82 Å². The number of benzene rings is 2. The van der Waals surface area contributed by atoms with E-state index >= 15 is 0 Å². The van der Waals surface area contributed by atoms with Crippen molar-refractivity contribution in [2.45, 2.75) is 5.16 Å². The molecule has 0 bridgehead atoms. The highest BCUT2D eigenvalue weighted by Crippen LogP contribution is 2.34. The number of hydrogen-bond acceptors (Lipinski definition) is 4. The van der Waals surface area contributed by atoms with Gasteiger partial charge in [0.25, 0.3) is 10.0 Å². The number of anilines is 1. The molecule has 2 aromatic carbocycles. The number of halogens is 1. The van der Waals surface area contributed by atoms with E-state index in [1.807, 2.05) is 36.4 Å². The van der Waals surface area contributed by atoms with Gasteiger partial charge in [0.2, 0.25) is 5.16 Å². The molecule has 0 fully saturated rings. The zero-order valence-corrected chi connectivity index (χ0v) is 15.2. The van der Waals surface area contributed by atoms with Crippen LogP contribution in [0, 0.1) is 0 Å². The second-order valence-electron chi connectivity index (χ2n) is 5.74. The minimum Gasteiger partial charge on any atom is -0.323 e. The molecule has 0 aliphatic rings. The van der Waals surface area contributed by atoms with Gasteiger partial charge in [-0.1, -0.05) is 41.9 Å². The Bertz CT molecular complexity index is 1200. The summed E-state index contributed by atoms with van der Waals surface area (Å²) in [6, 6.07) is 13.2.